The van der Waals surface area contributed by atoms with Crippen LogP contribution in [0, 0.1) is 0 Å². The van der Waals surface area contributed by atoms with Gasteiger partial charge in [0.05, 0.1) is 24.0 Å². The van der Waals surface area contributed by atoms with Crippen LogP contribution in [0.2, 0.25) is 0 Å². The highest BCUT2D eigenvalue weighted by molar-refractivity contribution is 5.99. The number of nitrogens with one attached hydrogen (secondary N) is 3. The molecule has 4 rings (SSSR count). The van der Waals surface area contributed by atoms with Gasteiger partial charge in [-0.2, -0.15) is 5.10 Å². The van der Waals surface area contributed by atoms with Gasteiger partial charge in [-0.1, -0.05) is 6.07 Å². The number of carbonyl (C=O) groups excluding carboxylic acids is 2. The van der Waals surface area contributed by atoms with Crippen molar-refractivity contribution in [2.75, 3.05) is 37.8 Å². The van der Waals surface area contributed by atoms with E-state index in [0.29, 0.717) is 22.8 Å². The largest absolute Gasteiger partial charge is 0.494 e. The zero-order chi connectivity index (χ0) is 27.0. The molecule has 32 heavy (non-hydrogen) atoms. The molecule has 0 saturated carbocycles. The van der Waals surface area contributed by atoms with Gasteiger partial charge in [-0.15, -0.1) is 10.2 Å². The van der Waals surface area contributed by atoms with Crippen molar-refractivity contribution in [3.8, 4) is 17.1 Å². The molecule has 3 N–H and O–H groups in total. The van der Waals surface area contributed by atoms with Crippen molar-refractivity contribution in [3.63, 3.8) is 0 Å². The van der Waals surface area contributed by atoms with Crippen molar-refractivity contribution in [2.45, 2.75) is 6.37 Å². The Labute approximate surface area is 191 Å². The molecule has 0 unspecified atom stereocenters. The number of aromatic nitrogens is 5. The van der Waals surface area contributed by atoms with Crippen LogP contribution in [-0.2, 0) is 7.05 Å². The van der Waals surface area contributed by atoms with E-state index in [1.165, 1.54) is 29.1 Å². The predicted molar refractivity (Wildman–Crippen MR) is 117 cm³/mol. The summed E-state index contributed by atoms with van der Waals surface area (Å²) in [7, 11) is 3.16. The van der Waals surface area contributed by atoms with Crippen LogP contribution in [0.25, 0.3) is 11.4 Å². The zero-order valence-corrected chi connectivity index (χ0v) is 17.2. The summed E-state index contributed by atoms with van der Waals surface area (Å²) in [6.07, 6.45) is 0.0640. The van der Waals surface area contributed by atoms with Gasteiger partial charge in [-0.05, 0) is 18.5 Å². The van der Waals surface area contributed by atoms with Crippen molar-refractivity contribution in [1.29, 1.82) is 0 Å². The summed E-state index contributed by atoms with van der Waals surface area (Å²) in [4.78, 5) is 30.6. The Morgan fingerprint density at radius 3 is 2.78 bits per heavy atom. The number of anilines is 3. The molecule has 3 heterocycles. The number of para-hydroxylation sites is 1. The third-order valence-electron chi connectivity index (χ3n) is 4.58. The number of ether oxygens (including phenoxy) is 1. The highest BCUT2D eigenvalue weighted by Gasteiger charge is 2.22. The number of likely N-dealkylation sites (tertiary alicyclic amines) is 1. The van der Waals surface area contributed by atoms with Gasteiger partial charge in [0.25, 0.3) is 5.91 Å². The fourth-order valence-corrected chi connectivity index (χ4v) is 2.97. The molecular formula is C20H23N9O3. The van der Waals surface area contributed by atoms with Gasteiger partial charge >= 0.3 is 6.03 Å². The van der Waals surface area contributed by atoms with Gasteiger partial charge in [0, 0.05) is 40.0 Å². The molecular weight excluding hydrogens is 414 g/mol. The van der Waals surface area contributed by atoms with Gasteiger partial charge in [0.15, 0.2) is 23.1 Å². The van der Waals surface area contributed by atoms with Crippen LogP contribution in [-0.4, -0.2) is 69.0 Å². The average Bonchev–Trinajstić information content (AvgIpc) is 3.22. The topological polar surface area (TPSA) is 139 Å². The lowest BCUT2D eigenvalue weighted by atomic mass is 10.1. The molecule has 3 aromatic rings. The molecule has 1 saturated heterocycles. The van der Waals surface area contributed by atoms with Crippen LogP contribution in [0.5, 0.6) is 5.75 Å². The second-order valence-electron chi connectivity index (χ2n) is 6.74. The maximum atomic E-state index is 12.7. The van der Waals surface area contributed by atoms with Crippen molar-refractivity contribution in [1.82, 2.24) is 35.2 Å². The molecule has 1 fully saturated rings. The second-order valence-corrected chi connectivity index (χ2v) is 6.74. The van der Waals surface area contributed by atoms with Crippen LogP contribution in [0.4, 0.5) is 22.0 Å². The van der Waals surface area contributed by atoms with Crippen molar-refractivity contribution in [2.24, 2.45) is 7.05 Å². The van der Waals surface area contributed by atoms with E-state index < -0.39 is 25.3 Å². The molecule has 1 aliphatic rings. The van der Waals surface area contributed by atoms with Crippen molar-refractivity contribution in [3.05, 3.63) is 36.3 Å². The number of hydrogen-bond acceptors (Lipinski definition) is 8. The molecule has 2 aromatic heterocycles. The van der Waals surface area contributed by atoms with Gasteiger partial charge < -0.3 is 20.3 Å². The van der Waals surface area contributed by atoms with Crippen LogP contribution in [0.1, 0.15) is 23.7 Å². The van der Waals surface area contributed by atoms with Crippen LogP contribution < -0.4 is 20.7 Å². The Kier molecular flexibility index (Phi) is 4.32. The molecule has 12 heteroatoms. The monoisotopic (exact) mass is 442 g/mol. The fourth-order valence-electron chi connectivity index (χ4n) is 2.97. The Bertz CT molecular complexity index is 1340. The number of methoxy groups -OCH3 is 1. The highest BCUT2D eigenvalue weighted by Crippen LogP contribution is 2.37. The number of rotatable bonds is 6. The van der Waals surface area contributed by atoms with E-state index in [2.05, 4.69) is 30.9 Å². The molecule has 1 aliphatic heterocycles. The van der Waals surface area contributed by atoms with Crippen molar-refractivity contribution < 1.29 is 21.2 Å². The van der Waals surface area contributed by atoms with E-state index in [9.17, 15) is 9.59 Å². The molecule has 166 valence electrons. The minimum absolute atomic E-state index is 0.0235. The summed E-state index contributed by atoms with van der Waals surface area (Å²) in [5.41, 5.74) is 0.592. The summed E-state index contributed by atoms with van der Waals surface area (Å²) in [6, 6.07) is 5.80. The van der Waals surface area contributed by atoms with Crippen molar-refractivity contribution >= 4 is 29.1 Å². The Balaban J connectivity index is 1.68. The molecule has 12 nitrogen and oxygen atoms in total. The van der Waals surface area contributed by atoms with E-state index in [1.54, 1.807) is 25.2 Å². The number of nitrogens with zero attached hydrogens (tertiary/aromatic N) is 6. The summed E-state index contributed by atoms with van der Waals surface area (Å²) in [5, 5.41) is 19.3. The van der Waals surface area contributed by atoms with E-state index >= 15 is 0 Å². The molecule has 0 bridgehead atoms. The maximum absolute atomic E-state index is 12.7. The van der Waals surface area contributed by atoms with Crippen LogP contribution >= 0.6 is 0 Å². The van der Waals surface area contributed by atoms with Gasteiger partial charge in [0.1, 0.15) is 6.33 Å². The first kappa shape index (κ1) is 15.6. The smallest absolute Gasteiger partial charge is 0.323 e. The third kappa shape index (κ3) is 4.15. The summed E-state index contributed by atoms with van der Waals surface area (Å²) >= 11 is 0. The number of amides is 3. The predicted octanol–water partition coefficient (Wildman–Crippen LogP) is 1.62. The molecule has 0 aliphatic carbocycles. The fraction of sp³-hybridized carbons (Fsp3) is 0.300. The second kappa shape index (κ2) is 8.88. The standard InChI is InChI=1S/C20H23N9O3/c1-21-19(30)16-14(10-15(25-26-16)24-20(31)29-8-5-9-29)23-13-7-4-6-12(17(13)32-3)18-22-11-28(2)27-18/h4,6-7,10-11H,5,8-9H2,1-3H3,(H,21,30)(H2,23,24,25,31)/i1D3,5D2. The van der Waals surface area contributed by atoms with E-state index in [4.69, 9.17) is 11.6 Å². The lowest BCUT2D eigenvalue weighted by molar-refractivity contribution is 0.0958. The first-order chi connectivity index (χ1) is 17.3. The molecule has 0 spiro atoms. The molecule has 1 aromatic carbocycles. The normalized spacial score (nSPS) is 16.9. The first-order valence-electron chi connectivity index (χ1n) is 11.9. The van der Waals surface area contributed by atoms with Gasteiger partial charge in [0.2, 0.25) is 0 Å². The average molecular weight is 442 g/mol. The summed E-state index contributed by atoms with van der Waals surface area (Å²) in [6.45, 7) is -2.94. The third-order valence-corrected chi connectivity index (χ3v) is 4.58. The number of urea groups is 1. The zero-order valence-electron chi connectivity index (χ0n) is 22.2. The van der Waals surface area contributed by atoms with Gasteiger partial charge in [-0.25, -0.2) is 9.78 Å². The summed E-state index contributed by atoms with van der Waals surface area (Å²) < 4.78 is 44.3. The van der Waals surface area contributed by atoms with E-state index in [-0.39, 0.29) is 30.3 Å². The van der Waals surface area contributed by atoms with E-state index in [0.717, 1.165) is 0 Å². The number of aryl methyl sites for hydroxylation is 1. The van der Waals surface area contributed by atoms with Crippen LogP contribution in [0.3, 0.4) is 0 Å². The molecule has 0 radical (unpaired) electrons. The Hall–Kier alpha value is -4.22. The molecule has 0 atom stereocenters. The maximum Gasteiger partial charge on any atom is 0.323 e. The van der Waals surface area contributed by atoms with Gasteiger partial charge in [-0.3, -0.25) is 14.8 Å². The first-order valence-corrected chi connectivity index (χ1v) is 9.41. The minimum atomic E-state index is -2.78. The lowest BCUT2D eigenvalue weighted by Crippen LogP contribution is -2.44. The number of benzene rings is 1. The lowest BCUT2D eigenvalue weighted by Gasteiger charge is -2.30. The highest BCUT2D eigenvalue weighted by atomic mass is 16.5. The SMILES string of the molecule is [2H]C1([2H])CN(C(=O)Nc2cc(Nc3cccc(-c4ncn(C)n4)c3OC)c(C(=O)NC([2H])([2H])[2H])nn2)C1. The Morgan fingerprint density at radius 1 is 1.25 bits per heavy atom. The number of carbonyl (C=O) groups is 2. The quantitative estimate of drug-likeness (QED) is 0.523. The van der Waals surface area contributed by atoms with E-state index in [1.807, 2.05) is 5.32 Å². The Morgan fingerprint density at radius 2 is 2.09 bits per heavy atom. The number of hydrogen-bond donors (Lipinski definition) is 3. The summed E-state index contributed by atoms with van der Waals surface area (Å²) in [5.74, 6) is -0.350. The minimum Gasteiger partial charge on any atom is -0.494 e. The molecule has 3 amide bonds. The van der Waals surface area contributed by atoms with Crippen LogP contribution in [0.15, 0.2) is 30.6 Å².